The predicted molar refractivity (Wildman–Crippen MR) is 113 cm³/mol. The molecule has 0 aliphatic rings. The largest absolute Gasteiger partial charge is 0.496 e. The van der Waals surface area contributed by atoms with E-state index in [1.807, 2.05) is 13.0 Å². The number of amides is 1. The Kier molecular flexibility index (Phi) is 5.94. The zero-order chi connectivity index (χ0) is 21.0. The number of rotatable bonds is 5. The zero-order valence-corrected chi connectivity index (χ0v) is 16.5. The van der Waals surface area contributed by atoms with Crippen LogP contribution in [-0.4, -0.2) is 29.2 Å². The Morgan fingerprint density at radius 1 is 1.10 bits per heavy atom. The highest BCUT2D eigenvalue weighted by atomic mass is 32.1. The maximum absolute atomic E-state index is 12.3. The van der Waals surface area contributed by atoms with E-state index in [2.05, 4.69) is 10.6 Å². The molecule has 1 heterocycles. The molecule has 0 bridgehead atoms. The second-order valence-corrected chi connectivity index (χ2v) is 6.57. The lowest BCUT2D eigenvalue weighted by atomic mass is 10.1. The van der Waals surface area contributed by atoms with Gasteiger partial charge in [0.1, 0.15) is 11.5 Å². The first-order chi connectivity index (χ1) is 13.9. The maximum atomic E-state index is 12.3. The van der Waals surface area contributed by atoms with Gasteiger partial charge in [-0.1, -0.05) is 17.7 Å². The monoisotopic (exact) mass is 410 g/mol. The quantitative estimate of drug-likeness (QED) is 0.545. The number of carboxylic acids is 1. The van der Waals surface area contributed by atoms with Crippen LogP contribution in [0.25, 0.3) is 11.3 Å². The first-order valence-electron chi connectivity index (χ1n) is 8.58. The van der Waals surface area contributed by atoms with Crippen molar-refractivity contribution in [1.29, 1.82) is 0 Å². The lowest BCUT2D eigenvalue weighted by Gasteiger charge is -2.12. The molecule has 1 aromatic heterocycles. The van der Waals surface area contributed by atoms with Crippen LogP contribution in [0.3, 0.4) is 0 Å². The first kappa shape index (κ1) is 20.1. The highest BCUT2D eigenvalue weighted by Crippen LogP contribution is 2.33. The van der Waals surface area contributed by atoms with Crippen LogP contribution in [-0.2, 0) is 0 Å². The Hall–Kier alpha value is -3.65. The molecule has 2 aromatic carbocycles. The molecule has 8 heteroatoms. The minimum atomic E-state index is -1.15. The zero-order valence-electron chi connectivity index (χ0n) is 15.7. The van der Waals surface area contributed by atoms with Gasteiger partial charge in [-0.15, -0.1) is 0 Å². The third-order valence-electron chi connectivity index (χ3n) is 4.05. The summed E-state index contributed by atoms with van der Waals surface area (Å²) >= 11 is 5.22. The molecule has 1 amide bonds. The Labute approximate surface area is 172 Å². The number of benzene rings is 2. The molecule has 3 rings (SSSR count). The number of hydrogen-bond donors (Lipinski definition) is 3. The van der Waals surface area contributed by atoms with E-state index in [9.17, 15) is 9.59 Å². The minimum Gasteiger partial charge on any atom is -0.496 e. The van der Waals surface area contributed by atoms with Gasteiger partial charge in [0.15, 0.2) is 5.11 Å². The number of anilines is 1. The van der Waals surface area contributed by atoms with Crippen molar-refractivity contribution in [3.8, 4) is 17.1 Å². The molecule has 3 aromatic rings. The molecule has 0 aliphatic carbocycles. The number of furan rings is 1. The number of methoxy groups -OCH3 is 1. The second kappa shape index (κ2) is 8.57. The summed E-state index contributed by atoms with van der Waals surface area (Å²) in [4.78, 5) is 23.3. The predicted octanol–water partition coefficient (Wildman–Crippen LogP) is 4.09. The number of aryl methyl sites for hydroxylation is 1. The maximum Gasteiger partial charge on any atom is 0.371 e. The fraction of sp³-hybridized carbons (Fsp3) is 0.0952. The van der Waals surface area contributed by atoms with E-state index in [0.717, 1.165) is 5.56 Å². The highest BCUT2D eigenvalue weighted by Gasteiger charge is 2.15. The van der Waals surface area contributed by atoms with E-state index >= 15 is 0 Å². The number of ether oxygens (including phenoxy) is 1. The Morgan fingerprint density at radius 3 is 2.55 bits per heavy atom. The molecule has 0 spiro atoms. The van der Waals surface area contributed by atoms with Gasteiger partial charge in [-0.05, 0) is 55.5 Å². The van der Waals surface area contributed by atoms with E-state index in [1.54, 1.807) is 42.5 Å². The van der Waals surface area contributed by atoms with Gasteiger partial charge in [0.2, 0.25) is 5.76 Å². The fourth-order valence-electron chi connectivity index (χ4n) is 2.69. The topological polar surface area (TPSA) is 101 Å². The van der Waals surface area contributed by atoms with Gasteiger partial charge in [0.25, 0.3) is 5.91 Å². The van der Waals surface area contributed by atoms with Gasteiger partial charge in [-0.3, -0.25) is 10.1 Å². The molecule has 7 nitrogen and oxygen atoms in total. The Balaban J connectivity index is 1.73. The van der Waals surface area contributed by atoms with E-state index < -0.39 is 5.97 Å². The number of carbonyl (C=O) groups is 2. The van der Waals surface area contributed by atoms with Crippen molar-refractivity contribution >= 4 is 34.9 Å². The van der Waals surface area contributed by atoms with Crippen LogP contribution in [0.15, 0.2) is 59.0 Å². The Bertz CT molecular complexity index is 1090. The molecular weight excluding hydrogens is 392 g/mol. The average molecular weight is 410 g/mol. The van der Waals surface area contributed by atoms with E-state index in [1.165, 1.54) is 13.2 Å². The molecule has 0 aliphatic heterocycles. The van der Waals surface area contributed by atoms with Crippen LogP contribution in [0.5, 0.6) is 5.75 Å². The summed E-state index contributed by atoms with van der Waals surface area (Å²) in [6, 6.07) is 15.2. The number of carboxylic acid groups (broad SMARTS) is 1. The lowest BCUT2D eigenvalue weighted by Crippen LogP contribution is -2.34. The summed E-state index contributed by atoms with van der Waals surface area (Å²) in [7, 11) is 1.49. The van der Waals surface area contributed by atoms with Crippen molar-refractivity contribution in [1.82, 2.24) is 5.32 Å². The number of thiocarbonyl (C=S) groups is 1. The molecule has 0 fully saturated rings. The molecule has 3 N–H and O–H groups in total. The summed E-state index contributed by atoms with van der Waals surface area (Å²) < 4.78 is 10.7. The van der Waals surface area contributed by atoms with E-state index in [0.29, 0.717) is 28.3 Å². The summed E-state index contributed by atoms with van der Waals surface area (Å²) in [6.07, 6.45) is 0. The summed E-state index contributed by atoms with van der Waals surface area (Å²) in [5, 5.41) is 14.7. The summed E-state index contributed by atoms with van der Waals surface area (Å²) in [5.41, 5.74) is 2.65. The van der Waals surface area contributed by atoms with Crippen LogP contribution in [0.1, 0.15) is 26.5 Å². The SMILES string of the molecule is COc1cc(NC(=S)NC(=O)c2cccc(C)c2)ccc1-c1ccc(C(=O)O)o1. The highest BCUT2D eigenvalue weighted by molar-refractivity contribution is 7.80. The van der Waals surface area contributed by atoms with Gasteiger partial charge in [0.05, 0.1) is 12.7 Å². The van der Waals surface area contributed by atoms with Crippen LogP contribution in [0.2, 0.25) is 0 Å². The average Bonchev–Trinajstić information content (AvgIpc) is 3.18. The molecular formula is C21H18N2O5S. The summed E-state index contributed by atoms with van der Waals surface area (Å²) in [5.74, 6) is -0.811. The van der Waals surface area contributed by atoms with Crippen LogP contribution < -0.4 is 15.4 Å². The van der Waals surface area contributed by atoms with Crippen LogP contribution in [0.4, 0.5) is 5.69 Å². The van der Waals surface area contributed by atoms with Crippen molar-refractivity contribution in [3.63, 3.8) is 0 Å². The van der Waals surface area contributed by atoms with Gasteiger partial charge < -0.3 is 19.6 Å². The van der Waals surface area contributed by atoms with Crippen molar-refractivity contribution in [2.24, 2.45) is 0 Å². The van der Waals surface area contributed by atoms with Gasteiger partial charge in [-0.2, -0.15) is 0 Å². The molecule has 0 radical (unpaired) electrons. The first-order valence-corrected chi connectivity index (χ1v) is 8.98. The van der Waals surface area contributed by atoms with Crippen molar-refractivity contribution < 1.29 is 23.8 Å². The molecule has 0 saturated carbocycles. The van der Waals surface area contributed by atoms with Crippen molar-refractivity contribution in [2.45, 2.75) is 6.92 Å². The fourth-order valence-corrected chi connectivity index (χ4v) is 2.90. The van der Waals surface area contributed by atoms with Gasteiger partial charge in [-0.25, -0.2) is 4.79 Å². The van der Waals surface area contributed by atoms with Crippen LogP contribution >= 0.6 is 12.2 Å². The normalized spacial score (nSPS) is 10.3. The lowest BCUT2D eigenvalue weighted by molar-refractivity contribution is 0.0663. The smallest absolute Gasteiger partial charge is 0.371 e. The molecule has 0 saturated heterocycles. The van der Waals surface area contributed by atoms with Crippen LogP contribution in [0, 0.1) is 6.92 Å². The third kappa shape index (κ3) is 4.80. The van der Waals surface area contributed by atoms with Crippen molar-refractivity contribution in [2.75, 3.05) is 12.4 Å². The number of hydrogen-bond acceptors (Lipinski definition) is 5. The van der Waals surface area contributed by atoms with E-state index in [-0.39, 0.29) is 16.8 Å². The van der Waals surface area contributed by atoms with Gasteiger partial charge >= 0.3 is 5.97 Å². The molecule has 0 atom stereocenters. The second-order valence-electron chi connectivity index (χ2n) is 6.16. The summed E-state index contributed by atoms with van der Waals surface area (Å²) in [6.45, 7) is 1.90. The third-order valence-corrected chi connectivity index (χ3v) is 4.25. The standard InChI is InChI=1S/C21H18N2O5S/c1-12-4-3-5-13(10-12)19(24)23-21(29)22-14-6-7-15(18(11-14)27-2)16-8-9-17(28-16)20(25)26/h3-11H,1-2H3,(H,25,26)(H2,22,23,24,29). The van der Waals surface area contributed by atoms with E-state index in [4.69, 9.17) is 26.5 Å². The van der Waals surface area contributed by atoms with Gasteiger partial charge in [0, 0.05) is 17.3 Å². The number of carbonyl (C=O) groups excluding carboxylic acids is 1. The number of aromatic carboxylic acids is 1. The minimum absolute atomic E-state index is 0.137. The molecule has 29 heavy (non-hydrogen) atoms. The molecule has 148 valence electrons. The number of nitrogens with one attached hydrogen (secondary N) is 2. The van der Waals surface area contributed by atoms with Crippen molar-refractivity contribution in [3.05, 3.63) is 71.5 Å². The molecule has 0 unspecified atom stereocenters. The Morgan fingerprint density at radius 2 is 1.90 bits per heavy atom.